The van der Waals surface area contributed by atoms with Gasteiger partial charge in [0.25, 0.3) is 11.8 Å². The van der Waals surface area contributed by atoms with E-state index in [2.05, 4.69) is 20.9 Å². The lowest BCUT2D eigenvalue weighted by molar-refractivity contribution is -0.145. The number of nitrogens with zero attached hydrogens (tertiary/aromatic N) is 4. The molecule has 5 rings (SSSR count). The number of nitrogens with one attached hydrogen (secondary N) is 2. The molecule has 1 saturated carbocycles. The topological polar surface area (TPSA) is 230 Å². The molecule has 286 valence electrons. The van der Waals surface area contributed by atoms with Gasteiger partial charge in [0.05, 0.1) is 28.5 Å². The molecule has 3 heterocycles. The van der Waals surface area contributed by atoms with E-state index in [1.54, 1.807) is 0 Å². The number of Topliss-reactive ketones (excluding diaryl/α,β-unsaturated/α-hetero) is 1. The van der Waals surface area contributed by atoms with Gasteiger partial charge in [0.2, 0.25) is 17.6 Å². The van der Waals surface area contributed by atoms with Crippen LogP contribution in [-0.2, 0) is 24.8 Å². The van der Waals surface area contributed by atoms with Gasteiger partial charge >= 0.3 is 0 Å². The fourth-order valence-electron chi connectivity index (χ4n) is 7.41. The largest absolute Gasteiger partial charge is 0.384 e. The van der Waals surface area contributed by atoms with E-state index in [0.717, 1.165) is 32.1 Å². The van der Waals surface area contributed by atoms with Crippen LogP contribution in [0.3, 0.4) is 0 Å². The molecule has 1 aromatic heterocycles. The quantitative estimate of drug-likeness (QED) is 0.145. The normalized spacial score (nSPS) is 23.0. The summed E-state index contributed by atoms with van der Waals surface area (Å²) in [4.78, 5) is 68.9. The summed E-state index contributed by atoms with van der Waals surface area (Å²) in [6.45, 7) is 2.83. The predicted molar refractivity (Wildman–Crippen MR) is 185 cm³/mol. The van der Waals surface area contributed by atoms with Crippen LogP contribution in [0.5, 0.6) is 0 Å². The van der Waals surface area contributed by atoms with E-state index in [1.165, 1.54) is 29.6 Å². The Hall–Kier alpha value is -3.71. The van der Waals surface area contributed by atoms with Crippen molar-refractivity contribution in [2.24, 2.45) is 11.7 Å². The molecule has 0 bridgehead atoms. The molecule has 4 amide bonds. The second kappa shape index (κ2) is 15.3. The zero-order chi connectivity index (χ0) is 38.2. The Balaban J connectivity index is 1.51. The molecule has 2 aromatic rings. The number of hydrogen-bond donors (Lipinski definition) is 6. The highest BCUT2D eigenvalue weighted by Crippen LogP contribution is 2.47. The Morgan fingerprint density at radius 3 is 2.37 bits per heavy atom. The molecule has 52 heavy (non-hydrogen) atoms. The van der Waals surface area contributed by atoms with Crippen LogP contribution in [0.4, 0.5) is 8.78 Å². The van der Waals surface area contributed by atoms with Crippen molar-refractivity contribution in [2.45, 2.75) is 101 Å². The third-order valence-corrected chi connectivity index (χ3v) is 12.3. The van der Waals surface area contributed by atoms with E-state index < -0.39 is 91.5 Å². The molecule has 1 aromatic carbocycles. The van der Waals surface area contributed by atoms with E-state index in [9.17, 15) is 47.0 Å². The monoisotopic (exact) mass is 771 g/mol. The summed E-state index contributed by atoms with van der Waals surface area (Å²) in [5.41, 5.74) is 1.64. The smallest absolute Gasteiger partial charge is 0.287 e. The van der Waals surface area contributed by atoms with Crippen LogP contribution in [0.15, 0.2) is 18.3 Å². The molecule has 3 fully saturated rings. The summed E-state index contributed by atoms with van der Waals surface area (Å²) in [7, 11) is -3.08. The average Bonchev–Trinajstić information content (AvgIpc) is 3.75. The molecular formula is C33H44ClF2N7O8S. The first kappa shape index (κ1) is 39.5. The molecule has 3 aliphatic rings. The molecule has 0 unspecified atom stereocenters. The van der Waals surface area contributed by atoms with Gasteiger partial charge in [0, 0.05) is 24.5 Å². The number of benzene rings is 1. The lowest BCUT2D eigenvalue weighted by Gasteiger charge is -2.45. The van der Waals surface area contributed by atoms with E-state index in [-0.39, 0.29) is 55.3 Å². The van der Waals surface area contributed by atoms with Gasteiger partial charge in [0.1, 0.15) is 34.9 Å². The van der Waals surface area contributed by atoms with Gasteiger partial charge in [-0.2, -0.15) is 10.6 Å². The molecule has 1 aliphatic carbocycles. The van der Waals surface area contributed by atoms with Crippen LogP contribution in [-0.4, -0.2) is 99.2 Å². The minimum Gasteiger partial charge on any atom is -0.384 e. The summed E-state index contributed by atoms with van der Waals surface area (Å²) in [5.74, 6) is -7.87. The van der Waals surface area contributed by atoms with Crippen LogP contribution >= 0.6 is 22.2 Å². The zero-order valence-corrected chi connectivity index (χ0v) is 30.4. The van der Waals surface area contributed by atoms with Gasteiger partial charge in [-0.1, -0.05) is 48.9 Å². The van der Waals surface area contributed by atoms with Crippen LogP contribution in [0.25, 0.3) is 0 Å². The minimum atomic E-state index is -3.08. The molecule has 15 nitrogen and oxygen atoms in total. The zero-order valence-electron chi connectivity index (χ0n) is 28.8. The number of likely N-dealkylation sites (tertiary alicyclic amines) is 1. The van der Waals surface area contributed by atoms with Crippen LogP contribution in [0.1, 0.15) is 93.7 Å². The van der Waals surface area contributed by atoms with Crippen molar-refractivity contribution >= 4 is 51.6 Å². The third kappa shape index (κ3) is 8.56. The van der Waals surface area contributed by atoms with Crippen LogP contribution in [0.2, 0.25) is 5.02 Å². The molecule has 19 heteroatoms. The van der Waals surface area contributed by atoms with Gasteiger partial charge in [0.15, 0.2) is 0 Å². The molecule has 7 N–H and O–H groups in total. The molecule has 3 atom stereocenters. The molecular weight excluding hydrogens is 728 g/mol. The number of primary amides is 1. The standard InChI is InChI=1S/C33H44ClF2N7O8S/c1-32(2,49)26-16-38-41-43(26)19-13-25(30(47)40-33(27(44)28(37)45)8-10-52(50,51)11-9-33)42(17-19)31(48)24(12-18-6-4-3-5-7-18)39-29(46)20-14-23(36)21(34)15-22(20)35/h14-16,18-19,24-25,49-51H,3-13,17H2,1-2H3,(H2,37,45)(H,39,46)(H,40,47)/t19-,24+,25-/m0/s1. The number of rotatable bonds is 11. The SMILES string of the molecule is CC(C)(O)c1cnnn1[C@H]1C[C@@H](C(=O)NC2(C(=O)C(N)=O)CCS(O)(O)CC2)N(C(=O)[C@@H](CC2CCCCC2)NC(=O)c2cc(F)c(Cl)cc2F)C1. The van der Waals surface area contributed by atoms with Crippen molar-refractivity contribution in [2.75, 3.05) is 18.1 Å². The van der Waals surface area contributed by atoms with E-state index in [0.29, 0.717) is 12.1 Å². The maximum atomic E-state index is 14.8. The van der Waals surface area contributed by atoms with Gasteiger partial charge in [-0.25, -0.2) is 13.5 Å². The number of halogens is 3. The van der Waals surface area contributed by atoms with Crippen molar-refractivity contribution in [1.29, 1.82) is 0 Å². The number of carbonyl (C=O) groups excluding carboxylic acids is 5. The molecule has 2 aliphatic heterocycles. The minimum absolute atomic E-state index is 0.0176. The molecule has 0 spiro atoms. The average molecular weight is 772 g/mol. The first-order valence-corrected chi connectivity index (χ1v) is 19.4. The lowest BCUT2D eigenvalue weighted by atomic mass is 9.84. The van der Waals surface area contributed by atoms with Crippen molar-refractivity contribution in [1.82, 2.24) is 30.5 Å². The molecule has 0 radical (unpaired) electrons. The highest BCUT2D eigenvalue weighted by Gasteiger charge is 2.51. The summed E-state index contributed by atoms with van der Waals surface area (Å²) < 4.78 is 51.0. The number of aromatic nitrogens is 3. The van der Waals surface area contributed by atoms with Crippen molar-refractivity contribution < 1.29 is 47.0 Å². The number of nitrogens with two attached hydrogens (primary N) is 1. The highest BCUT2D eigenvalue weighted by atomic mass is 35.5. The first-order valence-electron chi connectivity index (χ1n) is 17.1. The summed E-state index contributed by atoms with van der Waals surface area (Å²) in [6, 6.07) is -2.11. The van der Waals surface area contributed by atoms with Crippen molar-refractivity contribution in [3.8, 4) is 0 Å². The number of ketones is 1. The Morgan fingerprint density at radius 2 is 1.75 bits per heavy atom. The maximum Gasteiger partial charge on any atom is 0.287 e. The fraction of sp³-hybridized carbons (Fsp3) is 0.606. The van der Waals surface area contributed by atoms with Crippen molar-refractivity contribution in [3.05, 3.63) is 46.2 Å². The van der Waals surface area contributed by atoms with E-state index >= 15 is 0 Å². The summed E-state index contributed by atoms with van der Waals surface area (Å²) in [6.07, 6.45) is 5.02. The Kier molecular flexibility index (Phi) is 11.6. The first-order chi connectivity index (χ1) is 24.3. The van der Waals surface area contributed by atoms with Gasteiger partial charge in [-0.3, -0.25) is 33.1 Å². The number of hydrogen-bond acceptors (Lipinski definition) is 10. The maximum absolute atomic E-state index is 14.8. The van der Waals surface area contributed by atoms with Gasteiger partial charge in [-0.05, 0) is 51.2 Å². The van der Waals surface area contributed by atoms with Gasteiger partial charge < -0.3 is 26.4 Å². The number of aliphatic hydroxyl groups is 1. The van der Waals surface area contributed by atoms with E-state index in [4.69, 9.17) is 17.3 Å². The molecule has 2 saturated heterocycles. The summed E-state index contributed by atoms with van der Waals surface area (Å²) in [5, 5.41) is 23.5. The van der Waals surface area contributed by atoms with Crippen LogP contribution in [0, 0.1) is 17.6 Å². The number of carbonyl (C=O) groups is 5. The predicted octanol–water partition coefficient (Wildman–Crippen LogP) is 2.80. The third-order valence-electron chi connectivity index (χ3n) is 10.3. The van der Waals surface area contributed by atoms with Crippen molar-refractivity contribution in [3.63, 3.8) is 0 Å². The second-order valence-corrected chi connectivity index (χ2v) is 17.3. The Bertz CT molecular complexity index is 1720. The van der Waals surface area contributed by atoms with Gasteiger partial charge in [-0.15, -0.1) is 5.10 Å². The summed E-state index contributed by atoms with van der Waals surface area (Å²) >= 11 is 5.69. The fourth-order valence-corrected chi connectivity index (χ4v) is 9.12. The number of amides is 4. The van der Waals surface area contributed by atoms with Crippen LogP contribution < -0.4 is 16.4 Å². The second-order valence-electron chi connectivity index (χ2n) is 14.5. The Labute approximate surface area is 305 Å². The Morgan fingerprint density at radius 1 is 1.10 bits per heavy atom. The van der Waals surface area contributed by atoms with E-state index in [1.807, 2.05) is 0 Å². The highest BCUT2D eigenvalue weighted by molar-refractivity contribution is 8.24. The lowest BCUT2D eigenvalue weighted by Crippen LogP contribution is -2.64.